The molecule has 0 aliphatic carbocycles. The molecule has 0 bridgehead atoms. The summed E-state index contributed by atoms with van der Waals surface area (Å²) in [6, 6.07) is 4.15. The quantitative estimate of drug-likeness (QED) is 0.729. The molecule has 1 atom stereocenters. The minimum atomic E-state index is 0.171. The first-order valence-corrected chi connectivity index (χ1v) is 5.22. The minimum Gasteiger partial charge on any atom is -0.465 e. The Kier molecular flexibility index (Phi) is 4.70. The highest BCUT2D eigenvalue weighted by molar-refractivity contribution is 5.06. The first-order chi connectivity index (χ1) is 6.80. The molecule has 0 saturated heterocycles. The number of rotatable bonds is 6. The van der Waals surface area contributed by atoms with E-state index in [-0.39, 0.29) is 12.6 Å². The molecule has 0 spiro atoms. The van der Waals surface area contributed by atoms with E-state index in [9.17, 15) is 0 Å². The Labute approximate surface area is 85.1 Å². The van der Waals surface area contributed by atoms with Crippen LogP contribution in [0.1, 0.15) is 31.8 Å². The Bertz CT molecular complexity index is 254. The summed E-state index contributed by atoms with van der Waals surface area (Å²) in [5.74, 6) is 1.95. The van der Waals surface area contributed by atoms with Gasteiger partial charge in [-0.2, -0.15) is 0 Å². The van der Waals surface area contributed by atoms with Gasteiger partial charge in [-0.05, 0) is 18.6 Å². The Morgan fingerprint density at radius 2 is 2.07 bits per heavy atom. The molecule has 0 radical (unpaired) electrons. The summed E-state index contributed by atoms with van der Waals surface area (Å²) in [7, 11) is 0. The van der Waals surface area contributed by atoms with Crippen LogP contribution in [-0.4, -0.2) is 17.8 Å². The summed E-state index contributed by atoms with van der Waals surface area (Å²) in [6.07, 6.45) is 1.86. The van der Waals surface area contributed by atoms with Gasteiger partial charge in [-0.25, -0.2) is 0 Å². The highest BCUT2D eigenvalue weighted by Crippen LogP contribution is 2.08. The molecule has 80 valence electrons. The molecule has 1 aromatic heterocycles. The maximum absolute atomic E-state index is 8.96. The normalized spacial score (nSPS) is 13.1. The fraction of sp³-hybridized carbons (Fsp3) is 0.636. The van der Waals surface area contributed by atoms with E-state index in [4.69, 9.17) is 9.52 Å². The number of aliphatic hydroxyl groups is 1. The smallest absolute Gasteiger partial charge is 0.117 e. The summed E-state index contributed by atoms with van der Waals surface area (Å²) < 4.78 is 5.53. The van der Waals surface area contributed by atoms with Gasteiger partial charge in [0.1, 0.15) is 11.5 Å². The van der Waals surface area contributed by atoms with Crippen molar-refractivity contribution in [2.75, 3.05) is 6.61 Å². The predicted octanol–water partition coefficient (Wildman–Crippen LogP) is 1.70. The van der Waals surface area contributed by atoms with Crippen molar-refractivity contribution >= 4 is 0 Å². The molecule has 1 aromatic rings. The molecule has 14 heavy (non-hydrogen) atoms. The van der Waals surface area contributed by atoms with E-state index >= 15 is 0 Å². The van der Waals surface area contributed by atoms with Crippen molar-refractivity contribution in [2.45, 2.75) is 39.3 Å². The molecule has 0 unspecified atom stereocenters. The third-order valence-corrected chi connectivity index (χ3v) is 2.34. The minimum absolute atomic E-state index is 0.171. The maximum atomic E-state index is 8.96. The second-order valence-electron chi connectivity index (χ2n) is 3.39. The van der Waals surface area contributed by atoms with Gasteiger partial charge in [0.15, 0.2) is 0 Å². The van der Waals surface area contributed by atoms with E-state index in [2.05, 4.69) is 12.2 Å². The molecular formula is C11H19NO2. The van der Waals surface area contributed by atoms with Crippen molar-refractivity contribution in [3.8, 4) is 0 Å². The van der Waals surface area contributed by atoms with Crippen LogP contribution in [0.15, 0.2) is 16.5 Å². The Hall–Kier alpha value is -0.800. The number of aryl methyl sites for hydroxylation is 1. The number of nitrogens with one attached hydrogen (secondary N) is 1. The Morgan fingerprint density at radius 3 is 2.57 bits per heavy atom. The summed E-state index contributed by atoms with van der Waals surface area (Å²) in [6.45, 7) is 4.99. The van der Waals surface area contributed by atoms with Crippen molar-refractivity contribution in [1.29, 1.82) is 0 Å². The van der Waals surface area contributed by atoms with Gasteiger partial charge < -0.3 is 14.8 Å². The SMILES string of the molecule is CCc1ccc(CN[C@@H](CC)CO)o1. The van der Waals surface area contributed by atoms with E-state index in [0.29, 0.717) is 6.54 Å². The van der Waals surface area contributed by atoms with E-state index in [0.717, 1.165) is 24.4 Å². The van der Waals surface area contributed by atoms with Gasteiger partial charge in [0.25, 0.3) is 0 Å². The zero-order chi connectivity index (χ0) is 10.4. The van der Waals surface area contributed by atoms with Crippen LogP contribution in [0.5, 0.6) is 0 Å². The average Bonchev–Trinajstić information content (AvgIpc) is 2.67. The Balaban J connectivity index is 2.37. The van der Waals surface area contributed by atoms with Crippen molar-refractivity contribution < 1.29 is 9.52 Å². The topological polar surface area (TPSA) is 45.4 Å². The van der Waals surface area contributed by atoms with E-state index < -0.39 is 0 Å². The molecule has 2 N–H and O–H groups in total. The standard InChI is InChI=1S/C11H19NO2/c1-3-9(8-13)12-7-11-6-5-10(4-2)14-11/h5-6,9,12-13H,3-4,7-8H2,1-2H3/t9-/m0/s1. The maximum Gasteiger partial charge on any atom is 0.117 e. The fourth-order valence-electron chi connectivity index (χ4n) is 1.29. The molecule has 0 aliphatic rings. The zero-order valence-corrected chi connectivity index (χ0v) is 8.92. The van der Waals surface area contributed by atoms with Crippen LogP contribution in [0.25, 0.3) is 0 Å². The third kappa shape index (κ3) is 3.16. The number of hydrogen-bond acceptors (Lipinski definition) is 3. The summed E-state index contributed by atoms with van der Waals surface area (Å²) in [5, 5.41) is 12.2. The molecule has 0 aliphatic heterocycles. The zero-order valence-electron chi connectivity index (χ0n) is 8.92. The average molecular weight is 197 g/mol. The van der Waals surface area contributed by atoms with Crippen molar-refractivity contribution in [3.05, 3.63) is 23.7 Å². The largest absolute Gasteiger partial charge is 0.465 e. The molecule has 0 fully saturated rings. The predicted molar refractivity (Wildman–Crippen MR) is 56.1 cm³/mol. The van der Waals surface area contributed by atoms with Crippen LogP contribution < -0.4 is 5.32 Å². The van der Waals surface area contributed by atoms with E-state index in [1.807, 2.05) is 19.1 Å². The lowest BCUT2D eigenvalue weighted by molar-refractivity contribution is 0.235. The van der Waals surface area contributed by atoms with Crippen molar-refractivity contribution in [2.24, 2.45) is 0 Å². The number of furan rings is 1. The second kappa shape index (κ2) is 5.83. The van der Waals surface area contributed by atoms with Gasteiger partial charge >= 0.3 is 0 Å². The molecule has 0 saturated carbocycles. The summed E-state index contributed by atoms with van der Waals surface area (Å²) in [5.41, 5.74) is 0. The van der Waals surface area contributed by atoms with Gasteiger partial charge in [-0.3, -0.25) is 0 Å². The lowest BCUT2D eigenvalue weighted by Crippen LogP contribution is -2.30. The molecule has 0 amide bonds. The fourth-order valence-corrected chi connectivity index (χ4v) is 1.29. The highest BCUT2D eigenvalue weighted by atomic mass is 16.3. The first-order valence-electron chi connectivity index (χ1n) is 5.22. The van der Waals surface area contributed by atoms with E-state index in [1.54, 1.807) is 0 Å². The van der Waals surface area contributed by atoms with E-state index in [1.165, 1.54) is 0 Å². The van der Waals surface area contributed by atoms with Crippen LogP contribution >= 0.6 is 0 Å². The molecule has 1 heterocycles. The first kappa shape index (κ1) is 11.3. The van der Waals surface area contributed by atoms with Crippen LogP contribution in [0.2, 0.25) is 0 Å². The third-order valence-electron chi connectivity index (χ3n) is 2.34. The van der Waals surface area contributed by atoms with Gasteiger partial charge in [0.2, 0.25) is 0 Å². The van der Waals surface area contributed by atoms with Crippen LogP contribution in [0, 0.1) is 0 Å². The lowest BCUT2D eigenvalue weighted by atomic mass is 10.2. The summed E-state index contributed by atoms with van der Waals surface area (Å²) in [4.78, 5) is 0. The molecule has 3 heteroatoms. The second-order valence-corrected chi connectivity index (χ2v) is 3.39. The molecular weight excluding hydrogens is 178 g/mol. The summed E-state index contributed by atoms with van der Waals surface area (Å²) >= 11 is 0. The van der Waals surface area contributed by atoms with Crippen molar-refractivity contribution in [1.82, 2.24) is 5.32 Å². The molecule has 1 rings (SSSR count). The van der Waals surface area contributed by atoms with Crippen LogP contribution in [0.4, 0.5) is 0 Å². The lowest BCUT2D eigenvalue weighted by Gasteiger charge is -2.12. The van der Waals surface area contributed by atoms with Gasteiger partial charge in [0, 0.05) is 12.5 Å². The molecule has 0 aromatic carbocycles. The Morgan fingerprint density at radius 1 is 1.36 bits per heavy atom. The molecule has 3 nitrogen and oxygen atoms in total. The number of hydrogen-bond donors (Lipinski definition) is 2. The van der Waals surface area contributed by atoms with Crippen molar-refractivity contribution in [3.63, 3.8) is 0 Å². The van der Waals surface area contributed by atoms with Gasteiger partial charge in [-0.1, -0.05) is 13.8 Å². The van der Waals surface area contributed by atoms with Gasteiger partial charge in [-0.15, -0.1) is 0 Å². The van der Waals surface area contributed by atoms with Gasteiger partial charge in [0.05, 0.1) is 13.2 Å². The highest BCUT2D eigenvalue weighted by Gasteiger charge is 2.05. The monoisotopic (exact) mass is 197 g/mol. The van der Waals surface area contributed by atoms with Crippen LogP contribution in [0.3, 0.4) is 0 Å². The number of aliphatic hydroxyl groups excluding tert-OH is 1. The van der Waals surface area contributed by atoms with Crippen LogP contribution in [-0.2, 0) is 13.0 Å².